The van der Waals surface area contributed by atoms with Crippen molar-refractivity contribution < 1.29 is 4.79 Å². The second-order valence-electron chi connectivity index (χ2n) is 5.41. The third-order valence-corrected chi connectivity index (χ3v) is 3.81. The third kappa shape index (κ3) is 2.36. The summed E-state index contributed by atoms with van der Waals surface area (Å²) >= 11 is 0. The Labute approximate surface area is 128 Å². The number of benzene rings is 1. The van der Waals surface area contributed by atoms with Crippen LogP contribution in [-0.4, -0.2) is 25.7 Å². The van der Waals surface area contributed by atoms with Crippen LogP contribution in [-0.2, 0) is 13.5 Å². The summed E-state index contributed by atoms with van der Waals surface area (Å²) < 4.78 is 1.71. The zero-order valence-electron chi connectivity index (χ0n) is 13.2. The number of rotatable bonds is 3. The normalized spacial score (nSPS) is 11.1. The van der Waals surface area contributed by atoms with Gasteiger partial charge in [-0.3, -0.25) is 9.48 Å². The Hall–Kier alpha value is -2.63. The fourth-order valence-corrected chi connectivity index (χ4v) is 2.65. The quantitative estimate of drug-likeness (QED) is 0.780. The van der Waals surface area contributed by atoms with E-state index in [2.05, 4.69) is 27.3 Å². The lowest BCUT2D eigenvalue weighted by Crippen LogP contribution is -2.15. The van der Waals surface area contributed by atoms with E-state index in [1.807, 2.05) is 33.0 Å². The molecule has 1 amide bonds. The molecule has 6 nitrogen and oxygen atoms in total. The van der Waals surface area contributed by atoms with Crippen LogP contribution in [0, 0.1) is 13.8 Å². The number of H-pyrrole nitrogens is 1. The predicted octanol–water partition coefficient (Wildman–Crippen LogP) is 2.73. The molecule has 6 heteroatoms. The molecule has 2 aromatic heterocycles. The smallest absolute Gasteiger partial charge is 0.256 e. The average molecular weight is 297 g/mol. The molecule has 0 saturated heterocycles. The van der Waals surface area contributed by atoms with E-state index in [1.165, 1.54) is 0 Å². The van der Waals surface area contributed by atoms with Crippen molar-refractivity contribution in [2.75, 3.05) is 5.32 Å². The van der Waals surface area contributed by atoms with Crippen molar-refractivity contribution in [3.05, 3.63) is 40.8 Å². The number of aryl methyl sites for hydroxylation is 3. The molecule has 0 bridgehead atoms. The highest BCUT2D eigenvalue weighted by atomic mass is 16.1. The van der Waals surface area contributed by atoms with Crippen molar-refractivity contribution >= 4 is 22.8 Å². The molecule has 3 rings (SSSR count). The van der Waals surface area contributed by atoms with E-state index in [0.717, 1.165) is 40.4 Å². The Morgan fingerprint density at radius 3 is 2.82 bits per heavy atom. The predicted molar refractivity (Wildman–Crippen MR) is 86.1 cm³/mol. The molecule has 0 unspecified atom stereocenters. The minimum absolute atomic E-state index is 0.150. The highest BCUT2D eigenvalue weighted by molar-refractivity contribution is 6.05. The molecule has 0 aliphatic rings. The topological polar surface area (TPSA) is 75.6 Å². The molecule has 0 fully saturated rings. The first kappa shape index (κ1) is 14.3. The monoisotopic (exact) mass is 297 g/mol. The van der Waals surface area contributed by atoms with Crippen LogP contribution in [0.2, 0.25) is 0 Å². The maximum Gasteiger partial charge on any atom is 0.256 e. The number of hydrogen-bond acceptors (Lipinski definition) is 3. The van der Waals surface area contributed by atoms with Gasteiger partial charge < -0.3 is 10.3 Å². The molecule has 0 aliphatic heterocycles. The van der Waals surface area contributed by atoms with E-state index < -0.39 is 0 Å². The Balaban J connectivity index is 1.91. The molecule has 0 atom stereocenters. The van der Waals surface area contributed by atoms with Crippen LogP contribution in [0.15, 0.2) is 18.2 Å². The maximum atomic E-state index is 12.5. The van der Waals surface area contributed by atoms with Crippen molar-refractivity contribution in [2.24, 2.45) is 7.05 Å². The lowest BCUT2D eigenvalue weighted by Gasteiger charge is -2.07. The number of amides is 1. The Morgan fingerprint density at radius 1 is 1.36 bits per heavy atom. The lowest BCUT2D eigenvalue weighted by atomic mass is 10.1. The number of aromatic amines is 1. The SMILES string of the molecule is CCc1nn(C)c(NC(=O)c2ccc3nc(C)[nH]c3c2)c1C. The van der Waals surface area contributed by atoms with Gasteiger partial charge in [-0.15, -0.1) is 0 Å². The molecule has 22 heavy (non-hydrogen) atoms. The Kier molecular flexibility index (Phi) is 3.44. The van der Waals surface area contributed by atoms with E-state index in [-0.39, 0.29) is 5.91 Å². The minimum atomic E-state index is -0.150. The van der Waals surface area contributed by atoms with E-state index in [0.29, 0.717) is 5.56 Å². The van der Waals surface area contributed by atoms with E-state index in [4.69, 9.17) is 0 Å². The van der Waals surface area contributed by atoms with Gasteiger partial charge in [-0.05, 0) is 38.5 Å². The number of nitrogens with zero attached hydrogens (tertiary/aromatic N) is 3. The molecule has 0 saturated carbocycles. The van der Waals surface area contributed by atoms with E-state index in [9.17, 15) is 4.79 Å². The first-order valence-corrected chi connectivity index (χ1v) is 7.29. The van der Waals surface area contributed by atoms with E-state index in [1.54, 1.807) is 10.7 Å². The van der Waals surface area contributed by atoms with Crippen molar-refractivity contribution in [1.82, 2.24) is 19.7 Å². The van der Waals surface area contributed by atoms with Gasteiger partial charge in [0.05, 0.1) is 16.7 Å². The molecule has 3 aromatic rings. The van der Waals surface area contributed by atoms with Gasteiger partial charge in [-0.1, -0.05) is 6.92 Å². The lowest BCUT2D eigenvalue weighted by molar-refractivity contribution is 0.102. The standard InChI is InChI=1S/C16H19N5O/c1-5-12-9(2)15(21(4)20-12)19-16(22)11-6-7-13-14(8-11)18-10(3)17-13/h6-8H,5H2,1-4H3,(H,17,18)(H,19,22). The minimum Gasteiger partial charge on any atom is -0.342 e. The first-order valence-electron chi connectivity index (χ1n) is 7.29. The number of anilines is 1. The Bertz CT molecular complexity index is 859. The second-order valence-corrected chi connectivity index (χ2v) is 5.41. The van der Waals surface area contributed by atoms with Gasteiger partial charge >= 0.3 is 0 Å². The summed E-state index contributed by atoms with van der Waals surface area (Å²) in [6.07, 6.45) is 0.842. The summed E-state index contributed by atoms with van der Waals surface area (Å²) in [5, 5.41) is 7.36. The van der Waals surface area contributed by atoms with Crippen LogP contribution >= 0.6 is 0 Å². The fraction of sp³-hybridized carbons (Fsp3) is 0.312. The number of hydrogen-bond donors (Lipinski definition) is 2. The number of nitrogens with one attached hydrogen (secondary N) is 2. The Morgan fingerprint density at radius 2 is 2.14 bits per heavy atom. The van der Waals surface area contributed by atoms with Gasteiger partial charge in [0.15, 0.2) is 0 Å². The van der Waals surface area contributed by atoms with Crippen molar-refractivity contribution in [3.63, 3.8) is 0 Å². The molecule has 114 valence electrons. The van der Waals surface area contributed by atoms with Gasteiger partial charge in [0.1, 0.15) is 11.6 Å². The zero-order valence-corrected chi connectivity index (χ0v) is 13.2. The summed E-state index contributed by atoms with van der Waals surface area (Å²) in [6.45, 7) is 5.92. The molecular formula is C16H19N5O. The van der Waals surface area contributed by atoms with Crippen molar-refractivity contribution in [3.8, 4) is 0 Å². The summed E-state index contributed by atoms with van der Waals surface area (Å²) in [4.78, 5) is 20.0. The van der Waals surface area contributed by atoms with Crippen LogP contribution in [0.3, 0.4) is 0 Å². The van der Waals surface area contributed by atoms with Crippen molar-refractivity contribution in [2.45, 2.75) is 27.2 Å². The fourth-order valence-electron chi connectivity index (χ4n) is 2.65. The maximum absolute atomic E-state index is 12.5. The summed E-state index contributed by atoms with van der Waals surface area (Å²) in [5.41, 5.74) is 4.32. The van der Waals surface area contributed by atoms with Gasteiger partial charge in [-0.2, -0.15) is 5.10 Å². The molecule has 0 spiro atoms. The molecule has 2 heterocycles. The summed E-state index contributed by atoms with van der Waals surface area (Å²) in [7, 11) is 1.84. The molecular weight excluding hydrogens is 278 g/mol. The van der Waals surface area contributed by atoms with Crippen LogP contribution < -0.4 is 5.32 Å². The van der Waals surface area contributed by atoms with Crippen LogP contribution in [0.1, 0.15) is 34.4 Å². The third-order valence-electron chi connectivity index (χ3n) is 3.81. The summed E-state index contributed by atoms with van der Waals surface area (Å²) in [5.74, 6) is 1.42. The van der Waals surface area contributed by atoms with Gasteiger partial charge in [0.25, 0.3) is 5.91 Å². The largest absolute Gasteiger partial charge is 0.342 e. The number of aromatic nitrogens is 4. The van der Waals surface area contributed by atoms with Crippen LogP contribution in [0.25, 0.3) is 11.0 Å². The van der Waals surface area contributed by atoms with E-state index >= 15 is 0 Å². The summed E-state index contributed by atoms with van der Waals surface area (Å²) in [6, 6.07) is 5.45. The number of carbonyl (C=O) groups excluding carboxylic acids is 1. The van der Waals surface area contributed by atoms with Gasteiger partial charge in [0.2, 0.25) is 0 Å². The second kappa shape index (κ2) is 5.29. The van der Waals surface area contributed by atoms with Crippen LogP contribution in [0.5, 0.6) is 0 Å². The van der Waals surface area contributed by atoms with Crippen LogP contribution in [0.4, 0.5) is 5.82 Å². The van der Waals surface area contributed by atoms with Gasteiger partial charge in [-0.25, -0.2) is 4.98 Å². The first-order chi connectivity index (χ1) is 10.5. The molecule has 0 radical (unpaired) electrons. The number of imidazole rings is 1. The molecule has 0 aliphatic carbocycles. The highest BCUT2D eigenvalue weighted by Crippen LogP contribution is 2.20. The van der Waals surface area contributed by atoms with Gasteiger partial charge in [0, 0.05) is 18.2 Å². The number of fused-ring (bicyclic) bond motifs is 1. The van der Waals surface area contributed by atoms with Crippen molar-refractivity contribution in [1.29, 1.82) is 0 Å². The highest BCUT2D eigenvalue weighted by Gasteiger charge is 2.15. The zero-order chi connectivity index (χ0) is 15.9. The number of carbonyl (C=O) groups is 1. The average Bonchev–Trinajstić information content (AvgIpc) is 2.99. The molecule has 2 N–H and O–H groups in total. The molecule has 1 aromatic carbocycles.